The lowest BCUT2D eigenvalue weighted by molar-refractivity contribution is -0.151. The predicted molar refractivity (Wildman–Crippen MR) is 103 cm³/mol. The quantitative estimate of drug-likeness (QED) is 0.822. The number of hydrogen-bond donors (Lipinski definition) is 1. The van der Waals surface area contributed by atoms with Gasteiger partial charge < -0.3 is 14.9 Å². The van der Waals surface area contributed by atoms with Crippen LogP contribution in [0.5, 0.6) is 0 Å². The van der Waals surface area contributed by atoms with Crippen molar-refractivity contribution in [3.05, 3.63) is 24.3 Å². The van der Waals surface area contributed by atoms with Crippen LogP contribution in [0.1, 0.15) is 66.1 Å². The fourth-order valence-corrected chi connectivity index (χ4v) is 3.87. The molecule has 1 aromatic heterocycles. The summed E-state index contributed by atoms with van der Waals surface area (Å²) in [6.07, 6.45) is 5.31. The standard InChI is InChI=1S/C20H32N4O3/c1-12(2)19(26)24-14(5)7-8-17(24)20(27)23(13(3)4)18(15(6)25)16-11-21-9-10-22-16/h9-15,17-18,25H,7-8H2,1-6H3. The molecule has 0 radical (unpaired) electrons. The summed E-state index contributed by atoms with van der Waals surface area (Å²) in [7, 11) is 0. The summed E-state index contributed by atoms with van der Waals surface area (Å²) in [6.45, 7) is 11.2. The molecule has 0 spiro atoms. The molecule has 150 valence electrons. The number of hydrogen-bond acceptors (Lipinski definition) is 5. The Morgan fingerprint density at radius 2 is 1.85 bits per heavy atom. The smallest absolute Gasteiger partial charge is 0.246 e. The first-order valence-corrected chi connectivity index (χ1v) is 9.75. The Balaban J connectivity index is 2.40. The van der Waals surface area contributed by atoms with E-state index in [1.807, 2.05) is 34.6 Å². The topological polar surface area (TPSA) is 86.6 Å². The molecule has 0 aliphatic carbocycles. The third-order valence-electron chi connectivity index (χ3n) is 5.16. The number of nitrogens with zero attached hydrogens (tertiary/aromatic N) is 4. The summed E-state index contributed by atoms with van der Waals surface area (Å²) in [5, 5.41) is 10.4. The summed E-state index contributed by atoms with van der Waals surface area (Å²) < 4.78 is 0. The van der Waals surface area contributed by atoms with Crippen molar-refractivity contribution >= 4 is 11.8 Å². The Labute approximate surface area is 161 Å². The molecule has 2 amide bonds. The molecule has 1 aliphatic heterocycles. The van der Waals surface area contributed by atoms with Gasteiger partial charge in [-0.05, 0) is 40.5 Å². The van der Waals surface area contributed by atoms with Crippen molar-refractivity contribution in [2.45, 2.75) is 84.7 Å². The molecule has 0 saturated carbocycles. The second-order valence-corrected chi connectivity index (χ2v) is 8.00. The molecular weight excluding hydrogens is 344 g/mol. The molecule has 7 nitrogen and oxygen atoms in total. The number of aromatic nitrogens is 2. The Kier molecular flexibility index (Phi) is 6.92. The van der Waals surface area contributed by atoms with Gasteiger partial charge in [-0.2, -0.15) is 0 Å². The second kappa shape index (κ2) is 8.78. The second-order valence-electron chi connectivity index (χ2n) is 8.00. The minimum atomic E-state index is -0.818. The highest BCUT2D eigenvalue weighted by atomic mass is 16.3. The highest BCUT2D eigenvalue weighted by Gasteiger charge is 2.44. The van der Waals surface area contributed by atoms with E-state index in [9.17, 15) is 14.7 Å². The molecule has 4 unspecified atom stereocenters. The number of rotatable bonds is 6. The van der Waals surface area contributed by atoms with Gasteiger partial charge in [0.25, 0.3) is 0 Å². The monoisotopic (exact) mass is 376 g/mol. The van der Waals surface area contributed by atoms with Crippen molar-refractivity contribution in [1.29, 1.82) is 0 Å². The van der Waals surface area contributed by atoms with Crippen LogP contribution in [0, 0.1) is 5.92 Å². The van der Waals surface area contributed by atoms with Gasteiger partial charge >= 0.3 is 0 Å². The molecule has 1 aromatic rings. The van der Waals surface area contributed by atoms with Crippen LogP contribution in [0.2, 0.25) is 0 Å². The third kappa shape index (κ3) is 4.46. The van der Waals surface area contributed by atoms with E-state index in [4.69, 9.17) is 0 Å². The van der Waals surface area contributed by atoms with Gasteiger partial charge in [-0.15, -0.1) is 0 Å². The molecule has 4 atom stereocenters. The molecule has 0 bridgehead atoms. The molecule has 1 N–H and O–H groups in total. The number of aliphatic hydroxyl groups is 1. The number of carbonyl (C=O) groups excluding carboxylic acids is 2. The molecule has 0 aromatic carbocycles. The summed E-state index contributed by atoms with van der Waals surface area (Å²) in [5.41, 5.74) is 0.544. The van der Waals surface area contributed by atoms with Gasteiger partial charge in [0.05, 0.1) is 18.0 Å². The first kappa shape index (κ1) is 21.3. The fraction of sp³-hybridized carbons (Fsp3) is 0.700. The highest BCUT2D eigenvalue weighted by Crippen LogP contribution is 2.32. The Hall–Kier alpha value is -2.02. The van der Waals surface area contributed by atoms with Crippen LogP contribution in [-0.2, 0) is 9.59 Å². The van der Waals surface area contributed by atoms with Crippen LogP contribution < -0.4 is 0 Å². The van der Waals surface area contributed by atoms with Crippen LogP contribution in [-0.4, -0.2) is 60.9 Å². The van der Waals surface area contributed by atoms with Crippen LogP contribution in [0.25, 0.3) is 0 Å². The fourth-order valence-electron chi connectivity index (χ4n) is 3.87. The highest BCUT2D eigenvalue weighted by molar-refractivity contribution is 5.89. The lowest BCUT2D eigenvalue weighted by Crippen LogP contribution is -2.54. The third-order valence-corrected chi connectivity index (χ3v) is 5.16. The van der Waals surface area contributed by atoms with E-state index >= 15 is 0 Å². The zero-order valence-corrected chi connectivity index (χ0v) is 17.2. The van der Waals surface area contributed by atoms with Gasteiger partial charge in [-0.3, -0.25) is 19.6 Å². The van der Waals surface area contributed by atoms with E-state index in [0.29, 0.717) is 12.1 Å². The lowest BCUT2D eigenvalue weighted by Gasteiger charge is -2.40. The molecular formula is C20H32N4O3. The van der Waals surface area contributed by atoms with Crippen molar-refractivity contribution in [2.24, 2.45) is 5.92 Å². The van der Waals surface area contributed by atoms with Crippen LogP contribution in [0.15, 0.2) is 18.6 Å². The van der Waals surface area contributed by atoms with E-state index in [1.54, 1.807) is 35.3 Å². The summed E-state index contributed by atoms with van der Waals surface area (Å²) in [6, 6.07) is -1.25. The zero-order valence-electron chi connectivity index (χ0n) is 17.2. The largest absolute Gasteiger partial charge is 0.391 e. The van der Waals surface area contributed by atoms with E-state index < -0.39 is 18.2 Å². The van der Waals surface area contributed by atoms with Gasteiger partial charge in [0.15, 0.2) is 0 Å². The van der Waals surface area contributed by atoms with E-state index in [0.717, 1.165) is 6.42 Å². The zero-order chi connectivity index (χ0) is 20.3. The van der Waals surface area contributed by atoms with Crippen molar-refractivity contribution in [2.75, 3.05) is 0 Å². The van der Waals surface area contributed by atoms with Crippen LogP contribution >= 0.6 is 0 Å². The number of likely N-dealkylation sites (tertiary alicyclic amines) is 1. The lowest BCUT2D eigenvalue weighted by atomic mass is 10.0. The molecule has 2 heterocycles. The number of amides is 2. The van der Waals surface area contributed by atoms with Gasteiger partial charge in [0.1, 0.15) is 12.1 Å². The van der Waals surface area contributed by atoms with E-state index in [2.05, 4.69) is 9.97 Å². The maximum Gasteiger partial charge on any atom is 0.246 e. The molecule has 1 saturated heterocycles. The molecule has 2 rings (SSSR count). The summed E-state index contributed by atoms with van der Waals surface area (Å²) in [4.78, 5) is 38.1. The SMILES string of the molecule is CC(C)C(=O)N1C(C)CCC1C(=O)N(C(C)C)C(c1cnccn1)C(C)O. The summed E-state index contributed by atoms with van der Waals surface area (Å²) in [5.74, 6) is -0.309. The van der Waals surface area contributed by atoms with Crippen LogP contribution in [0.3, 0.4) is 0 Å². The molecule has 1 fully saturated rings. The minimum absolute atomic E-state index is 0.00449. The van der Waals surface area contributed by atoms with Crippen molar-refractivity contribution in [1.82, 2.24) is 19.8 Å². The predicted octanol–water partition coefficient (Wildman–Crippen LogP) is 2.17. The van der Waals surface area contributed by atoms with Gasteiger partial charge in [0, 0.05) is 30.4 Å². The maximum atomic E-state index is 13.6. The summed E-state index contributed by atoms with van der Waals surface area (Å²) >= 11 is 0. The van der Waals surface area contributed by atoms with Gasteiger partial charge in [-0.25, -0.2) is 0 Å². The first-order valence-electron chi connectivity index (χ1n) is 9.75. The molecule has 1 aliphatic rings. The minimum Gasteiger partial charge on any atom is -0.391 e. The Morgan fingerprint density at radius 1 is 1.19 bits per heavy atom. The van der Waals surface area contributed by atoms with Crippen molar-refractivity contribution < 1.29 is 14.7 Å². The van der Waals surface area contributed by atoms with Gasteiger partial charge in [0.2, 0.25) is 11.8 Å². The number of carbonyl (C=O) groups is 2. The normalized spacial score (nSPS) is 22.2. The van der Waals surface area contributed by atoms with Gasteiger partial charge in [-0.1, -0.05) is 13.8 Å². The Bertz CT molecular complexity index is 648. The molecule has 27 heavy (non-hydrogen) atoms. The van der Waals surface area contributed by atoms with Crippen LogP contribution in [0.4, 0.5) is 0 Å². The first-order chi connectivity index (χ1) is 12.7. The van der Waals surface area contributed by atoms with E-state index in [-0.39, 0.29) is 29.8 Å². The van der Waals surface area contributed by atoms with Crippen molar-refractivity contribution in [3.8, 4) is 0 Å². The average molecular weight is 377 g/mol. The van der Waals surface area contributed by atoms with E-state index in [1.165, 1.54) is 0 Å². The van der Waals surface area contributed by atoms with Crippen molar-refractivity contribution in [3.63, 3.8) is 0 Å². The number of aliphatic hydroxyl groups excluding tert-OH is 1. The Morgan fingerprint density at radius 3 is 2.33 bits per heavy atom. The molecule has 7 heteroatoms. The average Bonchev–Trinajstić information content (AvgIpc) is 2.99. The maximum absolute atomic E-state index is 13.6.